The van der Waals surface area contributed by atoms with E-state index in [9.17, 15) is 33.0 Å². The van der Waals surface area contributed by atoms with Crippen molar-refractivity contribution in [3.63, 3.8) is 0 Å². The fraction of sp³-hybridized carbons (Fsp3) is 0.417. The number of aliphatic hydroxyl groups is 2. The minimum atomic E-state index is -5.14. The van der Waals surface area contributed by atoms with Crippen LogP contribution in [0, 0.1) is 0 Å². The fourth-order valence-electron chi connectivity index (χ4n) is 4.08. The molecule has 0 aliphatic carbocycles. The van der Waals surface area contributed by atoms with Gasteiger partial charge in [-0.15, -0.1) is 5.10 Å². The van der Waals surface area contributed by atoms with Gasteiger partial charge in [0.05, 0.1) is 25.3 Å². The van der Waals surface area contributed by atoms with Crippen LogP contribution in [0.1, 0.15) is 41.4 Å². The Morgan fingerprint density at radius 1 is 1.23 bits per heavy atom. The summed E-state index contributed by atoms with van der Waals surface area (Å²) in [6, 6.07) is 7.42. The number of nitrogens with one attached hydrogen (secondary N) is 1. The number of alkyl halides is 3. The number of aromatic nitrogens is 5. The molecule has 12 nitrogen and oxygen atoms in total. The quantitative estimate of drug-likeness (QED) is 0.400. The molecule has 0 radical (unpaired) electrons. The van der Waals surface area contributed by atoms with Gasteiger partial charge in [-0.05, 0) is 66.1 Å². The average molecular weight is 550 g/mol. The largest absolute Gasteiger partial charge is 0.496 e. The van der Waals surface area contributed by atoms with Crippen LogP contribution in [-0.4, -0.2) is 84.2 Å². The van der Waals surface area contributed by atoms with Crippen molar-refractivity contribution in [1.29, 1.82) is 0 Å². The van der Waals surface area contributed by atoms with Crippen LogP contribution in [0.3, 0.4) is 0 Å². The summed E-state index contributed by atoms with van der Waals surface area (Å²) < 4.78 is 46.4. The number of pyridine rings is 1. The Labute approximate surface area is 220 Å². The molecular formula is C24H26F3N7O5. The number of carbonyl (C=O) groups is 2. The lowest BCUT2D eigenvalue weighted by Gasteiger charge is -2.35. The van der Waals surface area contributed by atoms with Gasteiger partial charge in [0.2, 0.25) is 11.4 Å². The maximum atomic E-state index is 13.2. The van der Waals surface area contributed by atoms with E-state index in [2.05, 4.69) is 25.8 Å². The Morgan fingerprint density at radius 2 is 1.97 bits per heavy atom. The number of benzene rings is 1. The molecule has 3 heterocycles. The monoisotopic (exact) mass is 549 g/mol. The highest BCUT2D eigenvalue weighted by atomic mass is 19.4. The molecule has 0 bridgehead atoms. The van der Waals surface area contributed by atoms with Crippen LogP contribution in [0.2, 0.25) is 0 Å². The number of methoxy groups -OCH3 is 1. The van der Waals surface area contributed by atoms with Crippen LogP contribution in [-0.2, 0) is 17.8 Å². The highest BCUT2D eigenvalue weighted by molar-refractivity contribution is 6.06. The predicted octanol–water partition coefficient (Wildman–Crippen LogP) is 1.75. The van der Waals surface area contributed by atoms with Crippen LogP contribution in [0.5, 0.6) is 5.75 Å². The van der Waals surface area contributed by atoms with Crippen molar-refractivity contribution in [3.8, 4) is 17.3 Å². The van der Waals surface area contributed by atoms with E-state index in [0.717, 1.165) is 4.90 Å². The van der Waals surface area contributed by atoms with E-state index < -0.39 is 29.6 Å². The third-order valence-corrected chi connectivity index (χ3v) is 6.43. The minimum absolute atomic E-state index is 0.0438. The van der Waals surface area contributed by atoms with Gasteiger partial charge in [-0.1, -0.05) is 6.07 Å². The van der Waals surface area contributed by atoms with Crippen molar-refractivity contribution in [2.24, 2.45) is 0 Å². The first-order valence-electron chi connectivity index (χ1n) is 11.8. The number of rotatable bonds is 7. The zero-order valence-electron chi connectivity index (χ0n) is 21.2. The van der Waals surface area contributed by atoms with E-state index in [0.29, 0.717) is 23.7 Å². The lowest BCUT2D eigenvalue weighted by molar-refractivity contribution is -0.250. The number of amides is 2. The number of anilines is 1. The second-order valence-electron chi connectivity index (χ2n) is 9.21. The van der Waals surface area contributed by atoms with Crippen LogP contribution < -0.4 is 10.1 Å². The molecule has 1 aromatic carbocycles. The molecule has 0 fully saturated rings. The molecule has 3 N–H and O–H groups in total. The van der Waals surface area contributed by atoms with Gasteiger partial charge in [0.1, 0.15) is 17.3 Å². The third kappa shape index (κ3) is 5.40. The number of carbonyl (C=O) groups excluding carboxylic acids is 2. The first kappa shape index (κ1) is 27.9. The second kappa shape index (κ2) is 10.6. The molecule has 2 amide bonds. The predicted molar refractivity (Wildman–Crippen MR) is 130 cm³/mol. The number of hydrogen-bond acceptors (Lipinski definition) is 9. The molecule has 2 atom stereocenters. The van der Waals surface area contributed by atoms with Crippen molar-refractivity contribution in [2.45, 2.75) is 44.6 Å². The smallest absolute Gasteiger partial charge is 0.426 e. The topological polar surface area (TPSA) is 156 Å². The molecule has 15 heteroatoms. The van der Waals surface area contributed by atoms with Crippen molar-refractivity contribution in [1.82, 2.24) is 30.1 Å². The zero-order valence-corrected chi connectivity index (χ0v) is 21.2. The molecular weight excluding hydrogens is 523 g/mol. The van der Waals surface area contributed by atoms with Crippen molar-refractivity contribution in [2.75, 3.05) is 25.6 Å². The van der Waals surface area contributed by atoms with Gasteiger partial charge in [0.25, 0.3) is 11.8 Å². The van der Waals surface area contributed by atoms with Gasteiger partial charge in [-0.2, -0.15) is 13.2 Å². The van der Waals surface area contributed by atoms with Gasteiger partial charge in [-0.25, -0.2) is 9.67 Å². The number of halogens is 3. The van der Waals surface area contributed by atoms with Crippen LogP contribution in [0.25, 0.3) is 11.5 Å². The first-order valence-corrected chi connectivity index (χ1v) is 11.8. The summed E-state index contributed by atoms with van der Waals surface area (Å²) in [4.78, 5) is 31.0. The van der Waals surface area contributed by atoms with Crippen molar-refractivity contribution >= 4 is 17.6 Å². The number of nitrogens with zero attached hydrogens (tertiary/aromatic N) is 6. The number of aliphatic hydroxyl groups excluding tert-OH is 1. The third-order valence-electron chi connectivity index (χ3n) is 6.43. The van der Waals surface area contributed by atoms with Gasteiger partial charge in [0.15, 0.2) is 0 Å². The number of tetrazole rings is 1. The summed E-state index contributed by atoms with van der Waals surface area (Å²) in [6.45, 7) is 1.65. The normalized spacial score (nSPS) is 15.7. The standard InChI is InChI=1S/C24H26F3N7O5/c1-13(12-35)34-20(30-31-32-34)17-5-4-6-19(28-17)29-21(36)16-9-15-11-33(8-7-14(15)10-18(16)39-3)22(37)23(2,38)24(25,26)27/h4-6,9-10,13,35,38H,7-8,11-12H2,1-3H3,(H,28,29,36)/t13-,23+/m1/s1. The van der Waals surface area contributed by atoms with Crippen molar-refractivity contribution < 1.29 is 37.7 Å². The molecule has 3 aromatic rings. The molecule has 39 heavy (non-hydrogen) atoms. The van der Waals surface area contributed by atoms with Gasteiger partial charge in [0, 0.05) is 13.1 Å². The lowest BCUT2D eigenvalue weighted by Crippen LogP contribution is -2.56. The average Bonchev–Trinajstić information content (AvgIpc) is 3.40. The van der Waals surface area contributed by atoms with Crippen LogP contribution in [0.15, 0.2) is 30.3 Å². The van der Waals surface area contributed by atoms with Gasteiger partial charge >= 0.3 is 6.18 Å². The Hall–Kier alpha value is -4.11. The van der Waals surface area contributed by atoms with E-state index in [1.807, 2.05) is 0 Å². The summed E-state index contributed by atoms with van der Waals surface area (Å²) in [5.74, 6) is -1.43. The summed E-state index contributed by atoms with van der Waals surface area (Å²) in [5, 5.41) is 33.3. The Balaban J connectivity index is 1.59. The highest BCUT2D eigenvalue weighted by Crippen LogP contribution is 2.34. The van der Waals surface area contributed by atoms with E-state index in [4.69, 9.17) is 4.74 Å². The Bertz CT molecular complexity index is 1390. The zero-order chi connectivity index (χ0) is 28.5. The number of hydrogen-bond donors (Lipinski definition) is 3. The van der Waals surface area contributed by atoms with Gasteiger partial charge < -0.3 is 25.2 Å². The maximum absolute atomic E-state index is 13.2. The molecule has 1 aliphatic rings. The van der Waals surface area contributed by atoms with E-state index in [-0.39, 0.29) is 49.1 Å². The Morgan fingerprint density at radius 3 is 2.64 bits per heavy atom. The second-order valence-corrected chi connectivity index (χ2v) is 9.21. The minimum Gasteiger partial charge on any atom is -0.496 e. The number of ether oxygens (including phenoxy) is 1. The molecule has 2 aromatic heterocycles. The first-order chi connectivity index (χ1) is 18.4. The highest BCUT2D eigenvalue weighted by Gasteiger charge is 2.57. The molecule has 0 unspecified atom stereocenters. The summed E-state index contributed by atoms with van der Waals surface area (Å²) in [5.41, 5.74) is -2.00. The van der Waals surface area contributed by atoms with E-state index >= 15 is 0 Å². The summed E-state index contributed by atoms with van der Waals surface area (Å²) in [6.07, 6.45) is -4.94. The maximum Gasteiger partial charge on any atom is 0.426 e. The van der Waals surface area contributed by atoms with E-state index in [1.165, 1.54) is 23.9 Å². The molecule has 4 rings (SSSR count). The summed E-state index contributed by atoms with van der Waals surface area (Å²) in [7, 11) is 1.37. The SMILES string of the molecule is COc1cc2c(cc1C(=O)Nc1cccc(-c3nnnn3[C@H](C)CO)n1)CN(C(=O)[C@](C)(O)C(F)(F)F)CC2. The molecule has 0 saturated carbocycles. The molecule has 0 spiro atoms. The molecule has 1 aliphatic heterocycles. The molecule has 0 saturated heterocycles. The van der Waals surface area contributed by atoms with Crippen molar-refractivity contribution in [3.05, 3.63) is 47.0 Å². The van der Waals surface area contributed by atoms with Crippen LogP contribution >= 0.6 is 0 Å². The van der Waals surface area contributed by atoms with Gasteiger partial charge in [-0.3, -0.25) is 9.59 Å². The fourth-order valence-corrected chi connectivity index (χ4v) is 4.08. The Kier molecular flexibility index (Phi) is 7.57. The lowest BCUT2D eigenvalue weighted by atomic mass is 9.94. The number of fused-ring (bicyclic) bond motifs is 1. The van der Waals surface area contributed by atoms with E-state index in [1.54, 1.807) is 25.1 Å². The molecule has 208 valence electrons. The summed E-state index contributed by atoms with van der Waals surface area (Å²) >= 11 is 0. The van der Waals surface area contributed by atoms with Crippen LogP contribution in [0.4, 0.5) is 19.0 Å².